The number of benzene rings is 4. The van der Waals surface area contributed by atoms with Crippen LogP contribution in [0.4, 0.5) is 0 Å². The van der Waals surface area contributed by atoms with Crippen molar-refractivity contribution < 1.29 is 5.11 Å². The molecule has 0 bridgehead atoms. The van der Waals surface area contributed by atoms with Crippen LogP contribution in [0, 0.1) is 0 Å². The first-order valence-corrected chi connectivity index (χ1v) is 10.6. The molecular formula is C29H19NO2. The number of nitrogens with zero attached hydrogens (tertiary/aromatic N) is 1. The Hall–Kier alpha value is -4.37. The summed E-state index contributed by atoms with van der Waals surface area (Å²) in [5, 5.41) is 14.6. The smallest absolute Gasteiger partial charge is 0.267 e. The van der Waals surface area contributed by atoms with Crippen LogP contribution in [0.5, 0.6) is 5.75 Å². The molecule has 0 aliphatic rings. The lowest BCUT2D eigenvalue weighted by atomic mass is 9.94. The van der Waals surface area contributed by atoms with Gasteiger partial charge in [0, 0.05) is 16.3 Å². The van der Waals surface area contributed by atoms with Gasteiger partial charge < -0.3 is 5.11 Å². The molecule has 2 aromatic heterocycles. The lowest BCUT2D eigenvalue weighted by Gasteiger charge is -2.19. The number of aromatic nitrogens is 1. The molecule has 0 spiro atoms. The van der Waals surface area contributed by atoms with Crippen molar-refractivity contribution in [1.82, 2.24) is 4.40 Å². The Morgan fingerprint density at radius 3 is 1.69 bits per heavy atom. The molecule has 0 radical (unpaired) electrons. The summed E-state index contributed by atoms with van der Waals surface area (Å²) in [5.41, 5.74) is 3.82. The van der Waals surface area contributed by atoms with Crippen LogP contribution >= 0.6 is 0 Å². The molecule has 6 aromatic rings. The fourth-order valence-electron chi connectivity index (χ4n) is 4.71. The average Bonchev–Trinajstić information content (AvgIpc) is 2.85. The fraction of sp³-hybridized carbons (Fsp3) is 0. The predicted octanol–water partition coefficient (Wildman–Crippen LogP) is 6.65. The second-order valence-electron chi connectivity index (χ2n) is 7.88. The standard InChI is InChI=1S/C29H19NO2/c31-28-25(19-11-3-1-4-12-19)27-23-17-8-7-15-21(23)22-16-9-10-18-24(22)30(27)29(32)26(28)20-13-5-2-6-14-20/h1-18,31H. The Morgan fingerprint density at radius 2 is 1.03 bits per heavy atom. The van der Waals surface area contributed by atoms with Crippen LogP contribution in [0.2, 0.25) is 0 Å². The number of fused-ring (bicyclic) bond motifs is 6. The largest absolute Gasteiger partial charge is 0.506 e. The number of para-hydroxylation sites is 1. The Kier molecular flexibility index (Phi) is 4.08. The molecule has 1 N–H and O–H groups in total. The van der Waals surface area contributed by atoms with Gasteiger partial charge in [0.2, 0.25) is 0 Å². The van der Waals surface area contributed by atoms with E-state index >= 15 is 0 Å². The van der Waals surface area contributed by atoms with Crippen molar-refractivity contribution in [2.75, 3.05) is 0 Å². The molecule has 3 nitrogen and oxygen atoms in total. The van der Waals surface area contributed by atoms with Gasteiger partial charge in [0.05, 0.1) is 16.6 Å². The normalized spacial score (nSPS) is 11.4. The van der Waals surface area contributed by atoms with Crippen LogP contribution in [0.1, 0.15) is 0 Å². The van der Waals surface area contributed by atoms with Gasteiger partial charge in [0.1, 0.15) is 5.75 Å². The zero-order chi connectivity index (χ0) is 21.7. The molecule has 0 aliphatic carbocycles. The maximum atomic E-state index is 14.0. The van der Waals surface area contributed by atoms with Gasteiger partial charge >= 0.3 is 0 Å². The molecule has 0 aliphatic heterocycles. The number of hydrogen-bond donors (Lipinski definition) is 1. The van der Waals surface area contributed by atoms with Gasteiger partial charge in [0.25, 0.3) is 5.56 Å². The van der Waals surface area contributed by atoms with Crippen molar-refractivity contribution in [2.45, 2.75) is 0 Å². The molecular weight excluding hydrogens is 394 g/mol. The van der Waals surface area contributed by atoms with Gasteiger partial charge in [-0.2, -0.15) is 0 Å². The van der Waals surface area contributed by atoms with Crippen molar-refractivity contribution >= 4 is 27.2 Å². The Morgan fingerprint density at radius 1 is 0.531 bits per heavy atom. The zero-order valence-corrected chi connectivity index (χ0v) is 17.2. The highest BCUT2D eigenvalue weighted by atomic mass is 16.3. The summed E-state index contributed by atoms with van der Waals surface area (Å²) >= 11 is 0. The minimum absolute atomic E-state index is 0.00725. The Bertz CT molecular complexity index is 1680. The first-order valence-electron chi connectivity index (χ1n) is 10.6. The van der Waals surface area contributed by atoms with Gasteiger partial charge in [-0.25, -0.2) is 0 Å². The molecule has 6 rings (SSSR count). The summed E-state index contributed by atoms with van der Waals surface area (Å²) in [6.45, 7) is 0. The molecule has 0 atom stereocenters. The van der Waals surface area contributed by atoms with Crippen LogP contribution < -0.4 is 5.56 Å². The van der Waals surface area contributed by atoms with Crippen LogP contribution in [0.15, 0.2) is 114 Å². The van der Waals surface area contributed by atoms with E-state index in [9.17, 15) is 9.90 Å². The molecule has 4 aromatic carbocycles. The number of rotatable bonds is 2. The van der Waals surface area contributed by atoms with E-state index in [1.54, 1.807) is 4.40 Å². The van der Waals surface area contributed by atoms with E-state index in [0.29, 0.717) is 22.2 Å². The summed E-state index contributed by atoms with van der Waals surface area (Å²) in [7, 11) is 0. The van der Waals surface area contributed by atoms with Crippen molar-refractivity contribution in [3.8, 4) is 28.0 Å². The van der Waals surface area contributed by atoms with Gasteiger partial charge in [0.15, 0.2) is 0 Å². The molecule has 0 unspecified atom stereocenters. The molecule has 3 heteroatoms. The maximum absolute atomic E-state index is 14.0. The minimum Gasteiger partial charge on any atom is -0.506 e. The monoisotopic (exact) mass is 413 g/mol. The number of hydrogen-bond acceptors (Lipinski definition) is 2. The molecule has 32 heavy (non-hydrogen) atoms. The molecule has 0 saturated heterocycles. The SMILES string of the molecule is O=c1c(-c2ccccc2)c(O)c(-c2ccccc2)c2c3ccccc3c3ccccc3n12. The summed E-state index contributed by atoms with van der Waals surface area (Å²) in [5.74, 6) is 0.00725. The molecule has 2 heterocycles. The maximum Gasteiger partial charge on any atom is 0.267 e. The van der Waals surface area contributed by atoms with Gasteiger partial charge in [-0.1, -0.05) is 103 Å². The van der Waals surface area contributed by atoms with E-state index in [2.05, 4.69) is 6.07 Å². The third kappa shape index (κ3) is 2.58. The van der Waals surface area contributed by atoms with E-state index in [-0.39, 0.29) is 11.3 Å². The van der Waals surface area contributed by atoms with Crippen molar-refractivity contribution in [3.05, 3.63) is 120 Å². The molecule has 152 valence electrons. The zero-order valence-electron chi connectivity index (χ0n) is 17.2. The number of pyridine rings is 2. The molecule has 0 fully saturated rings. The topological polar surface area (TPSA) is 41.7 Å². The van der Waals surface area contributed by atoms with Crippen LogP contribution in [-0.2, 0) is 0 Å². The molecule has 0 saturated carbocycles. The van der Waals surface area contributed by atoms with Crippen molar-refractivity contribution in [3.63, 3.8) is 0 Å². The van der Waals surface area contributed by atoms with Crippen LogP contribution in [-0.4, -0.2) is 9.51 Å². The highest BCUT2D eigenvalue weighted by Crippen LogP contribution is 2.42. The van der Waals surface area contributed by atoms with Gasteiger partial charge in [-0.15, -0.1) is 0 Å². The second kappa shape index (κ2) is 7.10. The lowest BCUT2D eigenvalue weighted by Crippen LogP contribution is -2.18. The quantitative estimate of drug-likeness (QED) is 0.323. The highest BCUT2D eigenvalue weighted by Gasteiger charge is 2.23. The van der Waals surface area contributed by atoms with Gasteiger partial charge in [-0.3, -0.25) is 9.20 Å². The lowest BCUT2D eigenvalue weighted by molar-refractivity contribution is 0.478. The highest BCUT2D eigenvalue weighted by molar-refractivity contribution is 6.16. The summed E-state index contributed by atoms with van der Waals surface area (Å²) in [4.78, 5) is 14.0. The van der Waals surface area contributed by atoms with E-state index in [1.807, 2.05) is 103 Å². The minimum atomic E-state index is -0.231. The number of aromatic hydroxyl groups is 1. The van der Waals surface area contributed by atoms with Crippen LogP contribution in [0.25, 0.3) is 49.4 Å². The van der Waals surface area contributed by atoms with Gasteiger partial charge in [-0.05, 0) is 22.6 Å². The van der Waals surface area contributed by atoms with E-state index in [4.69, 9.17) is 0 Å². The van der Waals surface area contributed by atoms with Crippen molar-refractivity contribution in [1.29, 1.82) is 0 Å². The van der Waals surface area contributed by atoms with Crippen LogP contribution in [0.3, 0.4) is 0 Å². The summed E-state index contributed by atoms with van der Waals surface area (Å²) in [6.07, 6.45) is 0. The van der Waals surface area contributed by atoms with E-state index in [0.717, 1.165) is 27.2 Å². The fourth-order valence-corrected chi connectivity index (χ4v) is 4.71. The third-order valence-electron chi connectivity index (χ3n) is 6.09. The summed E-state index contributed by atoms with van der Waals surface area (Å²) in [6, 6.07) is 35.2. The first kappa shape index (κ1) is 18.4. The third-order valence-corrected chi connectivity index (χ3v) is 6.09. The average molecular weight is 413 g/mol. The van der Waals surface area contributed by atoms with E-state index < -0.39 is 0 Å². The van der Waals surface area contributed by atoms with E-state index in [1.165, 1.54) is 0 Å². The second-order valence-corrected chi connectivity index (χ2v) is 7.88. The first-order chi connectivity index (χ1) is 15.8. The Labute approximate surface area is 184 Å². The molecule has 0 amide bonds. The predicted molar refractivity (Wildman–Crippen MR) is 131 cm³/mol. The Balaban J connectivity index is 1.97. The van der Waals surface area contributed by atoms with Crippen molar-refractivity contribution in [2.24, 2.45) is 0 Å². The summed E-state index contributed by atoms with van der Waals surface area (Å²) < 4.78 is 1.77.